The van der Waals surface area contributed by atoms with Gasteiger partial charge in [-0.05, 0) is 59.2 Å². The lowest BCUT2D eigenvalue weighted by Crippen LogP contribution is -2.31. The van der Waals surface area contributed by atoms with Crippen molar-refractivity contribution in [2.24, 2.45) is 0 Å². The zero-order valence-electron chi connectivity index (χ0n) is 23.8. The van der Waals surface area contributed by atoms with Crippen molar-refractivity contribution in [1.82, 2.24) is 0 Å². The Morgan fingerprint density at radius 3 is 2.05 bits per heavy atom. The van der Waals surface area contributed by atoms with E-state index in [-0.39, 0.29) is 18.1 Å². The van der Waals surface area contributed by atoms with Gasteiger partial charge >= 0.3 is 0 Å². The number of methoxy groups -OCH3 is 1. The minimum Gasteiger partial charge on any atom is -0.497 e. The lowest BCUT2D eigenvalue weighted by atomic mass is 10.0. The molecule has 4 aromatic rings. The second-order valence-corrected chi connectivity index (χ2v) is 9.77. The number of hydrogen-bond acceptors (Lipinski definition) is 4. The number of anilines is 2. The van der Waals surface area contributed by atoms with Gasteiger partial charge in [-0.3, -0.25) is 4.79 Å². The summed E-state index contributed by atoms with van der Waals surface area (Å²) in [5.41, 5.74) is 7.01. The third-order valence-electron chi connectivity index (χ3n) is 7.12. The molecule has 5 heteroatoms. The Bertz CT molecular complexity index is 1490. The van der Waals surface area contributed by atoms with Crippen molar-refractivity contribution < 1.29 is 14.3 Å². The number of hydrogen-bond donors (Lipinski definition) is 1. The Kier molecular flexibility index (Phi) is 8.97. The first-order valence-electron chi connectivity index (χ1n) is 14.1. The summed E-state index contributed by atoms with van der Waals surface area (Å²) in [6, 6.07) is 36.3. The molecule has 2 aliphatic rings. The molecule has 6 rings (SSSR count). The van der Waals surface area contributed by atoms with Crippen LogP contribution in [0.5, 0.6) is 5.75 Å². The zero-order valence-corrected chi connectivity index (χ0v) is 23.8. The van der Waals surface area contributed by atoms with Gasteiger partial charge in [0.15, 0.2) is 0 Å². The molecule has 1 fully saturated rings. The lowest BCUT2D eigenvalue weighted by Gasteiger charge is -2.24. The zero-order chi connectivity index (χ0) is 28.6. The minimum atomic E-state index is -0.00162. The highest BCUT2D eigenvalue weighted by Gasteiger charge is 2.41. The number of amides is 1. The molecule has 2 atom stereocenters. The van der Waals surface area contributed by atoms with Gasteiger partial charge in [0.05, 0.1) is 13.7 Å². The van der Waals surface area contributed by atoms with E-state index in [1.807, 2.05) is 104 Å². The van der Waals surface area contributed by atoms with E-state index in [2.05, 4.69) is 41.7 Å². The molecule has 1 N–H and O–H groups in total. The molecule has 0 bridgehead atoms. The van der Waals surface area contributed by atoms with Crippen molar-refractivity contribution in [2.45, 2.75) is 39.0 Å². The third-order valence-corrected chi connectivity index (χ3v) is 7.12. The van der Waals surface area contributed by atoms with Gasteiger partial charge in [0, 0.05) is 29.1 Å². The summed E-state index contributed by atoms with van der Waals surface area (Å²) < 4.78 is 11.2. The van der Waals surface area contributed by atoms with Crippen LogP contribution in [0.2, 0.25) is 0 Å². The molecule has 0 radical (unpaired) electrons. The van der Waals surface area contributed by atoms with Crippen LogP contribution in [0.4, 0.5) is 11.4 Å². The van der Waals surface area contributed by atoms with E-state index in [1.165, 1.54) is 11.1 Å². The van der Waals surface area contributed by atoms with Crippen LogP contribution >= 0.6 is 0 Å². The number of nitrogens with one attached hydrogen (secondary N) is 1. The summed E-state index contributed by atoms with van der Waals surface area (Å²) in [5, 5.41) is 3.48. The predicted molar refractivity (Wildman–Crippen MR) is 166 cm³/mol. The maximum Gasteiger partial charge on any atom is 0.254 e. The topological polar surface area (TPSA) is 54.1 Å². The Labute approximate surface area is 242 Å². The maximum atomic E-state index is 13.7. The number of carbonyl (C=O) groups excluding carboxylic acids is 1. The largest absolute Gasteiger partial charge is 0.497 e. The van der Waals surface area contributed by atoms with E-state index in [1.54, 1.807) is 7.11 Å². The first-order valence-corrected chi connectivity index (χ1v) is 14.1. The van der Waals surface area contributed by atoms with Crippen LogP contribution in [0, 0.1) is 0 Å². The van der Waals surface area contributed by atoms with Crippen molar-refractivity contribution in [1.29, 1.82) is 0 Å². The Morgan fingerprint density at radius 1 is 0.805 bits per heavy atom. The molecule has 1 aliphatic heterocycles. The highest BCUT2D eigenvalue weighted by Crippen LogP contribution is 2.50. The lowest BCUT2D eigenvalue weighted by molar-refractivity contribution is -0.115. The molecule has 208 valence electrons. The smallest absolute Gasteiger partial charge is 0.254 e. The molecule has 0 saturated carbocycles. The SMILES string of the molecule is CC.COc1ccc(CN(C(=O)C2=CC=C(Nc3ccc(C4OC4c4ccccc4)cc3)C2)c2ccccc2)cc1. The number of benzene rings is 4. The molecule has 0 spiro atoms. The monoisotopic (exact) mass is 544 g/mol. The number of nitrogens with zero attached hydrogens (tertiary/aromatic N) is 1. The van der Waals surface area contributed by atoms with Crippen molar-refractivity contribution >= 4 is 17.3 Å². The van der Waals surface area contributed by atoms with Crippen LogP contribution < -0.4 is 15.0 Å². The molecule has 1 heterocycles. The van der Waals surface area contributed by atoms with Gasteiger partial charge in [-0.2, -0.15) is 0 Å². The fourth-order valence-corrected chi connectivity index (χ4v) is 4.94. The number of epoxide rings is 1. The highest BCUT2D eigenvalue weighted by atomic mass is 16.6. The fraction of sp³-hybridized carbons (Fsp3) is 0.194. The molecule has 0 aromatic heterocycles. The molecular weight excluding hydrogens is 508 g/mol. The quantitative estimate of drug-likeness (QED) is 0.215. The summed E-state index contributed by atoms with van der Waals surface area (Å²) in [5.74, 6) is 0.793. The second-order valence-electron chi connectivity index (χ2n) is 9.77. The molecule has 5 nitrogen and oxygen atoms in total. The van der Waals surface area contributed by atoms with E-state index in [0.29, 0.717) is 13.0 Å². The first-order chi connectivity index (χ1) is 20.2. The van der Waals surface area contributed by atoms with Crippen molar-refractivity contribution in [2.75, 3.05) is 17.3 Å². The standard InChI is InChI=1S/C34H30N2O3.C2H6/c1-38-31-20-12-24(13-21-31)23-36(30-10-6-3-7-11-30)34(37)27-16-19-29(22-27)35-28-17-14-26(15-18-28)33-32(39-33)25-8-4-2-5-9-25;1-2/h2-21,32-33,35H,22-23H2,1H3;1-2H3. The molecule has 4 aromatic carbocycles. The molecule has 1 saturated heterocycles. The van der Waals surface area contributed by atoms with E-state index < -0.39 is 0 Å². The summed E-state index contributed by atoms with van der Waals surface area (Å²) in [7, 11) is 1.65. The molecule has 2 unspecified atom stereocenters. The minimum absolute atomic E-state index is 0.00162. The summed E-state index contributed by atoms with van der Waals surface area (Å²) in [6.07, 6.45) is 4.70. The number of rotatable bonds is 9. The Hall–Kier alpha value is -4.61. The summed E-state index contributed by atoms with van der Waals surface area (Å²) in [6.45, 7) is 4.47. The van der Waals surface area contributed by atoms with E-state index in [4.69, 9.17) is 9.47 Å². The molecule has 41 heavy (non-hydrogen) atoms. The van der Waals surface area contributed by atoms with Gasteiger partial charge in [-0.15, -0.1) is 0 Å². The molecular formula is C36H36N2O3. The van der Waals surface area contributed by atoms with Crippen LogP contribution in [0.15, 0.2) is 133 Å². The van der Waals surface area contributed by atoms with Crippen molar-refractivity contribution in [3.05, 3.63) is 149 Å². The van der Waals surface area contributed by atoms with Crippen LogP contribution in [0.3, 0.4) is 0 Å². The van der Waals surface area contributed by atoms with Crippen LogP contribution in [-0.2, 0) is 16.1 Å². The predicted octanol–water partition coefficient (Wildman–Crippen LogP) is 8.39. The van der Waals surface area contributed by atoms with Crippen LogP contribution in [0.1, 0.15) is 49.2 Å². The molecule has 1 amide bonds. The number of ether oxygens (including phenoxy) is 2. The van der Waals surface area contributed by atoms with Crippen molar-refractivity contribution in [3.63, 3.8) is 0 Å². The fourth-order valence-electron chi connectivity index (χ4n) is 4.94. The van der Waals surface area contributed by atoms with Crippen LogP contribution in [0.25, 0.3) is 0 Å². The number of para-hydroxylation sites is 1. The van der Waals surface area contributed by atoms with E-state index >= 15 is 0 Å². The van der Waals surface area contributed by atoms with Gasteiger partial charge in [0.2, 0.25) is 0 Å². The van der Waals surface area contributed by atoms with Gasteiger partial charge < -0.3 is 19.7 Å². The summed E-state index contributed by atoms with van der Waals surface area (Å²) in [4.78, 5) is 15.5. The average Bonchev–Trinajstić information content (AvgIpc) is 3.72. The number of carbonyl (C=O) groups is 1. The molecule has 1 aliphatic carbocycles. The van der Waals surface area contributed by atoms with Gasteiger partial charge in [-0.25, -0.2) is 0 Å². The van der Waals surface area contributed by atoms with E-state index in [9.17, 15) is 4.79 Å². The van der Waals surface area contributed by atoms with Crippen molar-refractivity contribution in [3.8, 4) is 5.75 Å². The average molecular weight is 545 g/mol. The second kappa shape index (κ2) is 13.2. The Morgan fingerprint density at radius 2 is 1.41 bits per heavy atom. The maximum absolute atomic E-state index is 13.7. The van der Waals surface area contributed by atoms with E-state index in [0.717, 1.165) is 34.0 Å². The van der Waals surface area contributed by atoms with Gasteiger partial charge in [0.25, 0.3) is 5.91 Å². The normalized spacial score (nSPS) is 17.0. The Balaban J connectivity index is 0.00000165. The first kappa shape index (κ1) is 27.9. The highest BCUT2D eigenvalue weighted by molar-refractivity contribution is 6.06. The number of allylic oxidation sites excluding steroid dienone is 3. The third kappa shape index (κ3) is 6.76. The summed E-state index contributed by atoms with van der Waals surface area (Å²) >= 11 is 0. The van der Waals surface area contributed by atoms with Gasteiger partial charge in [0.1, 0.15) is 18.0 Å². The van der Waals surface area contributed by atoms with Crippen LogP contribution in [-0.4, -0.2) is 13.0 Å². The van der Waals surface area contributed by atoms with Gasteiger partial charge in [-0.1, -0.05) is 92.7 Å².